The van der Waals surface area contributed by atoms with Gasteiger partial charge in [-0.3, -0.25) is 4.79 Å². The Morgan fingerprint density at radius 2 is 2.00 bits per heavy atom. The number of pyridine rings is 1. The van der Waals surface area contributed by atoms with Crippen LogP contribution in [0.5, 0.6) is 0 Å². The number of amides is 1. The smallest absolute Gasteiger partial charge is 0.251 e. The second-order valence-corrected chi connectivity index (χ2v) is 5.64. The monoisotopic (exact) mass is 328 g/mol. The fourth-order valence-corrected chi connectivity index (χ4v) is 2.22. The maximum absolute atomic E-state index is 12.0. The van der Waals surface area contributed by atoms with E-state index >= 15 is 0 Å². The molecule has 0 aliphatic heterocycles. The van der Waals surface area contributed by atoms with Crippen LogP contribution in [-0.2, 0) is 5.60 Å². The highest BCUT2D eigenvalue weighted by Gasteiger charge is 2.27. The van der Waals surface area contributed by atoms with Gasteiger partial charge in [0.05, 0.1) is 6.54 Å². The molecule has 21 heavy (non-hydrogen) atoms. The van der Waals surface area contributed by atoms with E-state index in [1.807, 2.05) is 0 Å². The number of hydrogen-bond donors (Lipinski definition) is 2. The summed E-state index contributed by atoms with van der Waals surface area (Å²) in [5, 5.41) is 13.2. The zero-order chi connectivity index (χ0) is 15.6. The molecule has 0 saturated heterocycles. The van der Waals surface area contributed by atoms with Crippen molar-refractivity contribution >= 4 is 29.1 Å². The molecule has 2 aromatic rings. The molecule has 0 aliphatic carbocycles. The Balaban J connectivity index is 2.06. The van der Waals surface area contributed by atoms with E-state index in [-0.39, 0.29) is 22.4 Å². The lowest BCUT2D eigenvalue weighted by molar-refractivity contribution is 0.0323. The van der Waals surface area contributed by atoms with Crippen molar-refractivity contribution in [1.29, 1.82) is 0 Å². The summed E-state index contributed by atoms with van der Waals surface area (Å²) >= 11 is 11.5. The lowest BCUT2D eigenvalue weighted by Crippen LogP contribution is -2.38. The normalized spacial score (nSPS) is 13.8. The van der Waals surface area contributed by atoms with Gasteiger partial charge >= 0.3 is 0 Å². The minimum absolute atomic E-state index is 0.0175. The summed E-state index contributed by atoms with van der Waals surface area (Å²) in [6.07, 6.45) is 0. The average Bonchev–Trinajstić information content (AvgIpc) is 2.82. The molecular weight excluding hydrogens is 315 g/mol. The highest BCUT2D eigenvalue weighted by atomic mass is 35.5. The molecule has 0 aromatic carbocycles. The number of hydrogen-bond acceptors (Lipinski definition) is 4. The SMILES string of the molecule is Cc1ccc(C(C)(O)CNC(=O)c2cc(Cl)nc(Cl)c2)o1. The first-order chi connectivity index (χ1) is 9.78. The first-order valence-corrected chi connectivity index (χ1v) is 6.94. The van der Waals surface area contributed by atoms with E-state index in [0.717, 1.165) is 0 Å². The van der Waals surface area contributed by atoms with Gasteiger partial charge in [0, 0.05) is 5.56 Å². The fourth-order valence-electron chi connectivity index (χ4n) is 1.76. The molecule has 2 rings (SSSR count). The average molecular weight is 329 g/mol. The third kappa shape index (κ3) is 3.97. The number of nitrogens with zero attached hydrogens (tertiary/aromatic N) is 1. The summed E-state index contributed by atoms with van der Waals surface area (Å²) in [6.45, 7) is 3.31. The Bertz CT molecular complexity index is 648. The molecule has 1 unspecified atom stereocenters. The summed E-state index contributed by atoms with van der Waals surface area (Å²) < 4.78 is 5.37. The van der Waals surface area contributed by atoms with Gasteiger partial charge < -0.3 is 14.8 Å². The van der Waals surface area contributed by atoms with Crippen molar-refractivity contribution in [3.63, 3.8) is 0 Å². The minimum Gasteiger partial charge on any atom is -0.463 e. The maximum atomic E-state index is 12.0. The summed E-state index contributed by atoms with van der Waals surface area (Å²) in [4.78, 5) is 15.8. The second kappa shape index (κ2) is 6.05. The van der Waals surface area contributed by atoms with E-state index < -0.39 is 11.5 Å². The number of carbonyl (C=O) groups is 1. The van der Waals surface area contributed by atoms with Crippen LogP contribution in [0.2, 0.25) is 10.3 Å². The van der Waals surface area contributed by atoms with Crippen molar-refractivity contribution in [1.82, 2.24) is 10.3 Å². The first-order valence-electron chi connectivity index (χ1n) is 6.18. The number of aryl methyl sites for hydroxylation is 1. The van der Waals surface area contributed by atoms with Crippen LogP contribution < -0.4 is 5.32 Å². The number of halogens is 2. The Hall–Kier alpha value is -1.56. The predicted molar refractivity (Wildman–Crippen MR) is 79.6 cm³/mol. The first kappa shape index (κ1) is 15.8. The Morgan fingerprint density at radius 1 is 1.38 bits per heavy atom. The Labute approximate surface area is 131 Å². The van der Waals surface area contributed by atoms with Gasteiger partial charge in [-0.2, -0.15) is 0 Å². The van der Waals surface area contributed by atoms with Crippen molar-refractivity contribution in [2.24, 2.45) is 0 Å². The van der Waals surface area contributed by atoms with Gasteiger partial charge in [0.15, 0.2) is 0 Å². The van der Waals surface area contributed by atoms with E-state index in [0.29, 0.717) is 11.5 Å². The molecular formula is C14H14Cl2N2O3. The van der Waals surface area contributed by atoms with Gasteiger partial charge in [-0.1, -0.05) is 23.2 Å². The minimum atomic E-state index is -1.31. The molecule has 0 bridgehead atoms. The number of furan rings is 1. The van der Waals surface area contributed by atoms with Crippen molar-refractivity contribution in [3.8, 4) is 0 Å². The highest BCUT2D eigenvalue weighted by molar-refractivity contribution is 6.33. The lowest BCUT2D eigenvalue weighted by atomic mass is 10.0. The molecule has 0 saturated carbocycles. The van der Waals surface area contributed by atoms with Gasteiger partial charge in [-0.15, -0.1) is 0 Å². The largest absolute Gasteiger partial charge is 0.463 e. The van der Waals surface area contributed by atoms with Crippen LogP contribution >= 0.6 is 23.2 Å². The van der Waals surface area contributed by atoms with Crippen LogP contribution in [0, 0.1) is 6.92 Å². The predicted octanol–water partition coefficient (Wildman–Crippen LogP) is 2.93. The molecule has 0 aliphatic rings. The highest BCUT2D eigenvalue weighted by Crippen LogP contribution is 2.22. The molecule has 7 heteroatoms. The standard InChI is InChI=1S/C14H14Cl2N2O3/c1-8-3-4-10(21-8)14(2,20)7-17-13(19)9-5-11(15)18-12(16)6-9/h3-6,20H,7H2,1-2H3,(H,17,19). The van der Waals surface area contributed by atoms with Crippen molar-refractivity contribution in [2.45, 2.75) is 19.4 Å². The fraction of sp³-hybridized carbons (Fsp3) is 0.286. The topological polar surface area (TPSA) is 75.4 Å². The van der Waals surface area contributed by atoms with Gasteiger partial charge in [-0.25, -0.2) is 4.98 Å². The van der Waals surface area contributed by atoms with Gasteiger partial charge in [0.1, 0.15) is 27.4 Å². The molecule has 1 amide bonds. The van der Waals surface area contributed by atoms with Gasteiger partial charge in [0.2, 0.25) is 0 Å². The molecule has 5 nitrogen and oxygen atoms in total. The molecule has 0 radical (unpaired) electrons. The van der Waals surface area contributed by atoms with Crippen LogP contribution in [0.3, 0.4) is 0 Å². The van der Waals surface area contributed by atoms with Gasteiger partial charge in [-0.05, 0) is 38.1 Å². The van der Waals surface area contributed by atoms with Crippen LogP contribution in [-0.4, -0.2) is 22.5 Å². The Kier molecular flexibility index (Phi) is 4.56. The van der Waals surface area contributed by atoms with E-state index in [2.05, 4.69) is 10.3 Å². The van der Waals surface area contributed by atoms with E-state index in [9.17, 15) is 9.90 Å². The molecule has 112 valence electrons. The van der Waals surface area contributed by atoms with E-state index in [1.165, 1.54) is 12.1 Å². The van der Waals surface area contributed by atoms with Crippen molar-refractivity contribution < 1.29 is 14.3 Å². The molecule has 2 N–H and O–H groups in total. The zero-order valence-corrected chi connectivity index (χ0v) is 13.0. The lowest BCUT2D eigenvalue weighted by Gasteiger charge is -2.21. The number of aromatic nitrogens is 1. The van der Waals surface area contributed by atoms with Crippen LogP contribution in [0.25, 0.3) is 0 Å². The second-order valence-electron chi connectivity index (χ2n) is 4.87. The summed E-state index contributed by atoms with van der Waals surface area (Å²) in [5.41, 5.74) is -1.05. The zero-order valence-electron chi connectivity index (χ0n) is 11.5. The number of aliphatic hydroxyl groups is 1. The van der Waals surface area contributed by atoms with E-state index in [1.54, 1.807) is 26.0 Å². The number of nitrogens with one attached hydrogen (secondary N) is 1. The summed E-state index contributed by atoms with van der Waals surface area (Å²) in [5.74, 6) is 0.653. The molecule has 0 fully saturated rings. The van der Waals surface area contributed by atoms with Crippen LogP contribution in [0.1, 0.15) is 28.8 Å². The molecule has 1 atom stereocenters. The summed E-state index contributed by atoms with van der Waals surface area (Å²) in [7, 11) is 0. The third-order valence-corrected chi connectivity index (χ3v) is 3.28. The third-order valence-electron chi connectivity index (χ3n) is 2.89. The molecule has 2 aromatic heterocycles. The van der Waals surface area contributed by atoms with Crippen LogP contribution in [0.15, 0.2) is 28.7 Å². The van der Waals surface area contributed by atoms with Crippen molar-refractivity contribution in [3.05, 3.63) is 51.7 Å². The van der Waals surface area contributed by atoms with Crippen LogP contribution in [0.4, 0.5) is 0 Å². The molecule has 2 heterocycles. The van der Waals surface area contributed by atoms with Crippen molar-refractivity contribution in [2.75, 3.05) is 6.54 Å². The number of rotatable bonds is 4. The van der Waals surface area contributed by atoms with Gasteiger partial charge in [0.25, 0.3) is 5.91 Å². The maximum Gasteiger partial charge on any atom is 0.251 e. The summed E-state index contributed by atoms with van der Waals surface area (Å²) in [6, 6.07) is 6.21. The quantitative estimate of drug-likeness (QED) is 0.846. The molecule has 0 spiro atoms. The number of carbonyl (C=O) groups excluding carboxylic acids is 1. The van der Waals surface area contributed by atoms with E-state index in [4.69, 9.17) is 27.6 Å². The Morgan fingerprint density at radius 3 is 2.52 bits per heavy atom.